The lowest BCUT2D eigenvalue weighted by Gasteiger charge is -2.30. The molecule has 5 atom stereocenters. The molecule has 0 aromatic heterocycles. The van der Waals surface area contributed by atoms with Crippen molar-refractivity contribution in [3.8, 4) is 0 Å². The molecule has 6 nitrogen and oxygen atoms in total. The number of nitrogens with zero attached hydrogens (tertiary/aromatic N) is 1. The molecule has 2 bridgehead atoms. The Kier molecular flexibility index (Phi) is 3.47. The number of ether oxygens (including phenoxy) is 1. The third-order valence-electron chi connectivity index (χ3n) is 5.04. The minimum absolute atomic E-state index is 0.0116. The smallest absolute Gasteiger partial charge is 0.328 e. The van der Waals surface area contributed by atoms with E-state index < -0.39 is 29.8 Å². The monoisotopic (exact) mass is 293 g/mol. The number of methoxy groups -OCH3 is 1. The van der Waals surface area contributed by atoms with E-state index in [4.69, 9.17) is 4.74 Å². The molecule has 1 amide bonds. The largest absolute Gasteiger partial charge is 0.481 e. The number of esters is 1. The van der Waals surface area contributed by atoms with Crippen LogP contribution in [0.1, 0.15) is 19.3 Å². The van der Waals surface area contributed by atoms with Gasteiger partial charge in [0.2, 0.25) is 5.91 Å². The number of fused-ring (bicyclic) bond motifs is 2. The topological polar surface area (TPSA) is 83.9 Å². The molecule has 1 saturated carbocycles. The fraction of sp³-hybridized carbons (Fsp3) is 0.667. The Hall–Kier alpha value is -1.85. The first-order valence-corrected chi connectivity index (χ1v) is 7.34. The summed E-state index contributed by atoms with van der Waals surface area (Å²) in [6, 6.07) is -0.556. The number of rotatable bonds is 3. The quantitative estimate of drug-likeness (QED) is 0.611. The molecule has 0 radical (unpaired) electrons. The van der Waals surface area contributed by atoms with Gasteiger partial charge in [0, 0.05) is 6.54 Å². The SMILES string of the molecule is COC(=O)[C@@H]1CCCN1C(=O)[C@H]1[C@H](C(=O)O)[C@H]2C=C[C@H]1C2. The van der Waals surface area contributed by atoms with Gasteiger partial charge in [-0.1, -0.05) is 12.2 Å². The summed E-state index contributed by atoms with van der Waals surface area (Å²) in [5.41, 5.74) is 0. The highest BCUT2D eigenvalue weighted by molar-refractivity contribution is 5.90. The number of hydrogen-bond acceptors (Lipinski definition) is 4. The van der Waals surface area contributed by atoms with Crippen LogP contribution in [-0.2, 0) is 19.1 Å². The molecule has 1 heterocycles. The summed E-state index contributed by atoms with van der Waals surface area (Å²) >= 11 is 0. The zero-order valence-electron chi connectivity index (χ0n) is 11.9. The van der Waals surface area contributed by atoms with E-state index in [2.05, 4.69) is 0 Å². The van der Waals surface area contributed by atoms with Crippen molar-refractivity contribution in [3.05, 3.63) is 12.2 Å². The lowest BCUT2D eigenvalue weighted by atomic mass is 9.82. The van der Waals surface area contributed by atoms with Crippen LogP contribution < -0.4 is 0 Å². The van der Waals surface area contributed by atoms with Gasteiger partial charge in [0.05, 0.1) is 18.9 Å². The number of carbonyl (C=O) groups is 3. The molecule has 1 N–H and O–H groups in total. The molecule has 21 heavy (non-hydrogen) atoms. The van der Waals surface area contributed by atoms with Gasteiger partial charge in [0.25, 0.3) is 0 Å². The predicted molar refractivity (Wildman–Crippen MR) is 72.1 cm³/mol. The van der Waals surface area contributed by atoms with Gasteiger partial charge < -0.3 is 14.7 Å². The number of carboxylic acids is 1. The number of aliphatic carboxylic acids is 1. The number of allylic oxidation sites excluding steroid dienone is 2. The zero-order valence-corrected chi connectivity index (χ0v) is 11.9. The summed E-state index contributed by atoms with van der Waals surface area (Å²) in [6.45, 7) is 0.503. The Morgan fingerprint density at radius 2 is 1.86 bits per heavy atom. The van der Waals surface area contributed by atoms with Crippen LogP contribution in [0.15, 0.2) is 12.2 Å². The van der Waals surface area contributed by atoms with Crippen molar-refractivity contribution in [2.75, 3.05) is 13.7 Å². The van der Waals surface area contributed by atoms with Crippen LogP contribution in [0.4, 0.5) is 0 Å². The number of amides is 1. The highest BCUT2D eigenvalue weighted by Crippen LogP contribution is 2.49. The molecule has 114 valence electrons. The lowest BCUT2D eigenvalue weighted by molar-refractivity contribution is -0.156. The lowest BCUT2D eigenvalue weighted by Crippen LogP contribution is -2.47. The maximum atomic E-state index is 12.8. The Morgan fingerprint density at radius 3 is 2.48 bits per heavy atom. The molecule has 0 unspecified atom stereocenters. The third kappa shape index (κ3) is 2.13. The first-order valence-electron chi connectivity index (χ1n) is 7.34. The average molecular weight is 293 g/mol. The number of carboxylic acid groups (broad SMARTS) is 1. The van der Waals surface area contributed by atoms with Gasteiger partial charge in [-0.2, -0.15) is 0 Å². The Labute approximate surface area is 122 Å². The summed E-state index contributed by atoms with van der Waals surface area (Å²) in [5, 5.41) is 9.42. The second-order valence-corrected chi connectivity index (χ2v) is 6.05. The van der Waals surface area contributed by atoms with E-state index in [0.29, 0.717) is 13.0 Å². The van der Waals surface area contributed by atoms with Gasteiger partial charge in [-0.3, -0.25) is 9.59 Å². The number of hydrogen-bond donors (Lipinski definition) is 1. The number of likely N-dealkylation sites (tertiary alicyclic amines) is 1. The van der Waals surface area contributed by atoms with E-state index in [9.17, 15) is 19.5 Å². The fourth-order valence-electron chi connectivity index (χ4n) is 4.10. The van der Waals surface area contributed by atoms with E-state index in [1.807, 2.05) is 12.2 Å². The first-order chi connectivity index (χ1) is 10.0. The molecule has 6 heteroatoms. The summed E-state index contributed by atoms with van der Waals surface area (Å²) < 4.78 is 4.75. The molecule has 0 spiro atoms. The van der Waals surface area contributed by atoms with Crippen LogP contribution in [0, 0.1) is 23.7 Å². The van der Waals surface area contributed by atoms with Gasteiger partial charge in [0.1, 0.15) is 6.04 Å². The van der Waals surface area contributed by atoms with Gasteiger partial charge in [-0.25, -0.2) is 4.79 Å². The van der Waals surface area contributed by atoms with Crippen molar-refractivity contribution in [3.63, 3.8) is 0 Å². The van der Waals surface area contributed by atoms with Crippen molar-refractivity contribution < 1.29 is 24.2 Å². The summed E-state index contributed by atoms with van der Waals surface area (Å²) in [6.07, 6.45) is 5.93. The van der Waals surface area contributed by atoms with E-state index in [-0.39, 0.29) is 17.7 Å². The Morgan fingerprint density at radius 1 is 1.19 bits per heavy atom. The maximum Gasteiger partial charge on any atom is 0.328 e. The minimum atomic E-state index is -0.918. The minimum Gasteiger partial charge on any atom is -0.481 e. The highest BCUT2D eigenvalue weighted by atomic mass is 16.5. The highest BCUT2D eigenvalue weighted by Gasteiger charge is 2.54. The molecule has 3 rings (SSSR count). The maximum absolute atomic E-state index is 12.8. The van der Waals surface area contributed by atoms with Gasteiger partial charge in [0.15, 0.2) is 0 Å². The van der Waals surface area contributed by atoms with Crippen LogP contribution in [-0.4, -0.2) is 47.5 Å². The van der Waals surface area contributed by atoms with Crippen LogP contribution in [0.5, 0.6) is 0 Å². The Bertz CT molecular complexity index is 514. The molecule has 1 aliphatic heterocycles. The first kappa shape index (κ1) is 14.1. The zero-order chi connectivity index (χ0) is 15.1. The van der Waals surface area contributed by atoms with E-state index >= 15 is 0 Å². The predicted octanol–water partition coefficient (Wildman–Crippen LogP) is 0.673. The summed E-state index contributed by atoms with van der Waals surface area (Å²) in [5.74, 6) is -2.80. The molecule has 0 aromatic rings. The molecule has 0 aromatic carbocycles. The van der Waals surface area contributed by atoms with Crippen LogP contribution in [0.3, 0.4) is 0 Å². The standard InChI is InChI=1S/C15H19NO5/c1-21-15(20)10-3-2-6-16(10)13(17)11-8-4-5-9(7-8)12(11)14(18)19/h4-5,8-12H,2-3,6-7H2,1H3,(H,18,19)/t8-,9-,10-,11+,12+/m0/s1. The molecule has 2 aliphatic carbocycles. The third-order valence-corrected chi connectivity index (χ3v) is 5.04. The normalized spacial score (nSPS) is 37.0. The second kappa shape index (κ2) is 5.16. The average Bonchev–Trinajstić information content (AvgIpc) is 3.18. The van der Waals surface area contributed by atoms with Crippen LogP contribution in [0.2, 0.25) is 0 Å². The van der Waals surface area contributed by atoms with E-state index in [1.165, 1.54) is 12.0 Å². The second-order valence-electron chi connectivity index (χ2n) is 6.05. The van der Waals surface area contributed by atoms with Crippen molar-refractivity contribution in [1.29, 1.82) is 0 Å². The summed E-state index contributed by atoms with van der Waals surface area (Å²) in [4.78, 5) is 37.6. The fourth-order valence-corrected chi connectivity index (χ4v) is 4.10. The van der Waals surface area contributed by atoms with Crippen LogP contribution >= 0.6 is 0 Å². The molecule has 1 saturated heterocycles. The van der Waals surface area contributed by atoms with Crippen molar-refractivity contribution >= 4 is 17.8 Å². The summed E-state index contributed by atoms with van der Waals surface area (Å²) in [7, 11) is 1.31. The van der Waals surface area contributed by atoms with Crippen molar-refractivity contribution in [1.82, 2.24) is 4.90 Å². The van der Waals surface area contributed by atoms with Crippen molar-refractivity contribution in [2.45, 2.75) is 25.3 Å². The van der Waals surface area contributed by atoms with Gasteiger partial charge in [-0.15, -0.1) is 0 Å². The van der Waals surface area contributed by atoms with E-state index in [0.717, 1.165) is 12.8 Å². The molecular formula is C15H19NO5. The van der Waals surface area contributed by atoms with Gasteiger partial charge >= 0.3 is 11.9 Å². The van der Waals surface area contributed by atoms with Crippen molar-refractivity contribution in [2.24, 2.45) is 23.7 Å². The number of carbonyl (C=O) groups excluding carboxylic acids is 2. The van der Waals surface area contributed by atoms with Crippen LogP contribution in [0.25, 0.3) is 0 Å². The Balaban J connectivity index is 1.83. The van der Waals surface area contributed by atoms with E-state index in [1.54, 1.807) is 0 Å². The van der Waals surface area contributed by atoms with Gasteiger partial charge in [-0.05, 0) is 31.1 Å². The molecular weight excluding hydrogens is 274 g/mol. The molecule has 3 aliphatic rings. The molecule has 2 fully saturated rings.